The van der Waals surface area contributed by atoms with Gasteiger partial charge in [-0.05, 0) is 74.1 Å². The molecule has 96 valence electrons. The Morgan fingerprint density at radius 1 is 0.944 bits per heavy atom. The van der Waals surface area contributed by atoms with Crippen LogP contribution in [0, 0.1) is 34.6 Å². The van der Waals surface area contributed by atoms with Crippen molar-refractivity contribution in [3.63, 3.8) is 0 Å². The molecule has 0 aliphatic carbocycles. The molecule has 1 heterocycles. The van der Waals surface area contributed by atoms with Gasteiger partial charge in [0.15, 0.2) is 0 Å². The molecular formula is C16H20O2. The van der Waals surface area contributed by atoms with E-state index in [-0.39, 0.29) is 0 Å². The Morgan fingerprint density at radius 2 is 1.50 bits per heavy atom. The highest BCUT2D eigenvalue weighted by Gasteiger charge is 2.21. The van der Waals surface area contributed by atoms with Gasteiger partial charge in [-0.15, -0.1) is 0 Å². The van der Waals surface area contributed by atoms with Crippen molar-refractivity contribution < 1.29 is 9.52 Å². The summed E-state index contributed by atoms with van der Waals surface area (Å²) in [4.78, 5) is 0. The number of rotatable bonds is 2. The van der Waals surface area contributed by atoms with Crippen LogP contribution in [-0.2, 0) is 0 Å². The summed E-state index contributed by atoms with van der Waals surface area (Å²) < 4.78 is 5.42. The molecule has 0 saturated heterocycles. The van der Waals surface area contributed by atoms with Crippen LogP contribution >= 0.6 is 0 Å². The molecule has 1 N–H and O–H groups in total. The van der Waals surface area contributed by atoms with Crippen LogP contribution in [0.15, 0.2) is 22.8 Å². The molecule has 18 heavy (non-hydrogen) atoms. The highest BCUT2D eigenvalue weighted by Crippen LogP contribution is 2.32. The summed E-state index contributed by atoms with van der Waals surface area (Å²) >= 11 is 0. The zero-order valence-electron chi connectivity index (χ0n) is 11.7. The number of aliphatic hydroxyl groups is 1. The van der Waals surface area contributed by atoms with E-state index in [1.165, 1.54) is 11.1 Å². The number of hydrogen-bond donors (Lipinski definition) is 1. The number of benzene rings is 1. The fourth-order valence-corrected chi connectivity index (χ4v) is 2.45. The summed E-state index contributed by atoms with van der Waals surface area (Å²) in [5, 5.41) is 10.6. The first-order valence-electron chi connectivity index (χ1n) is 6.22. The molecule has 1 aromatic heterocycles. The Balaban J connectivity index is 2.61. The molecule has 0 saturated carbocycles. The summed E-state index contributed by atoms with van der Waals surface area (Å²) in [5.74, 6) is 0.645. The zero-order chi connectivity index (χ0) is 13.4. The van der Waals surface area contributed by atoms with Gasteiger partial charge in [0.05, 0.1) is 6.26 Å². The predicted molar refractivity (Wildman–Crippen MR) is 72.9 cm³/mol. The largest absolute Gasteiger partial charge is 0.466 e. The van der Waals surface area contributed by atoms with Crippen molar-refractivity contribution >= 4 is 0 Å². The van der Waals surface area contributed by atoms with Crippen molar-refractivity contribution in [3.8, 4) is 0 Å². The van der Waals surface area contributed by atoms with E-state index in [1.54, 1.807) is 6.26 Å². The third-order valence-corrected chi connectivity index (χ3v) is 3.85. The maximum Gasteiger partial charge on any atom is 0.139 e. The lowest BCUT2D eigenvalue weighted by Gasteiger charge is -2.19. The van der Waals surface area contributed by atoms with Gasteiger partial charge >= 0.3 is 0 Å². The lowest BCUT2D eigenvalue weighted by Crippen LogP contribution is -2.07. The second kappa shape index (κ2) is 4.62. The lowest BCUT2D eigenvalue weighted by molar-refractivity contribution is 0.187. The second-order valence-corrected chi connectivity index (χ2v) is 5.04. The molecule has 1 unspecified atom stereocenters. The Labute approximate surface area is 108 Å². The van der Waals surface area contributed by atoms with Gasteiger partial charge in [-0.1, -0.05) is 6.07 Å². The topological polar surface area (TPSA) is 33.4 Å². The van der Waals surface area contributed by atoms with Crippen molar-refractivity contribution in [2.75, 3.05) is 0 Å². The van der Waals surface area contributed by atoms with Gasteiger partial charge in [-0.25, -0.2) is 0 Å². The highest BCUT2D eigenvalue weighted by molar-refractivity contribution is 5.47. The summed E-state index contributed by atoms with van der Waals surface area (Å²) in [7, 11) is 0. The smallest absolute Gasteiger partial charge is 0.139 e. The summed E-state index contributed by atoms with van der Waals surface area (Å²) in [6, 6.07) is 4.04. The monoisotopic (exact) mass is 244 g/mol. The van der Waals surface area contributed by atoms with Gasteiger partial charge in [0.1, 0.15) is 11.9 Å². The van der Waals surface area contributed by atoms with Crippen LogP contribution in [-0.4, -0.2) is 5.11 Å². The predicted octanol–water partition coefficient (Wildman–Crippen LogP) is 3.90. The molecule has 2 rings (SSSR count). The molecule has 0 bridgehead atoms. The maximum absolute atomic E-state index is 10.6. The molecule has 1 aromatic carbocycles. The molecule has 0 aliphatic rings. The van der Waals surface area contributed by atoms with Crippen molar-refractivity contribution in [2.24, 2.45) is 0 Å². The third kappa shape index (κ3) is 1.97. The normalized spacial score (nSPS) is 12.8. The van der Waals surface area contributed by atoms with E-state index in [0.717, 1.165) is 22.3 Å². The molecule has 0 spiro atoms. The molecule has 0 aliphatic heterocycles. The fourth-order valence-electron chi connectivity index (χ4n) is 2.45. The number of hydrogen-bond acceptors (Lipinski definition) is 2. The Bertz CT molecular complexity index is 553. The first kappa shape index (κ1) is 12.9. The van der Waals surface area contributed by atoms with Gasteiger partial charge in [0, 0.05) is 0 Å². The van der Waals surface area contributed by atoms with E-state index in [1.807, 2.05) is 13.0 Å². The molecule has 0 fully saturated rings. The number of furan rings is 1. The van der Waals surface area contributed by atoms with Crippen LogP contribution in [0.25, 0.3) is 0 Å². The fraction of sp³-hybridized carbons (Fsp3) is 0.375. The van der Waals surface area contributed by atoms with Crippen molar-refractivity contribution in [2.45, 2.75) is 40.7 Å². The molecule has 2 aromatic rings. The van der Waals surface area contributed by atoms with Crippen LogP contribution in [0.4, 0.5) is 0 Å². The van der Waals surface area contributed by atoms with Crippen molar-refractivity contribution in [3.05, 3.63) is 57.5 Å². The molecule has 2 nitrogen and oxygen atoms in total. The van der Waals surface area contributed by atoms with Crippen LogP contribution in [0.2, 0.25) is 0 Å². The molecule has 0 amide bonds. The van der Waals surface area contributed by atoms with Crippen LogP contribution < -0.4 is 0 Å². The molecule has 1 atom stereocenters. The van der Waals surface area contributed by atoms with Crippen molar-refractivity contribution in [1.29, 1.82) is 0 Å². The van der Waals surface area contributed by atoms with Gasteiger partial charge in [-0.3, -0.25) is 0 Å². The average Bonchev–Trinajstić information content (AvgIpc) is 2.73. The highest BCUT2D eigenvalue weighted by atomic mass is 16.4. The van der Waals surface area contributed by atoms with E-state index in [4.69, 9.17) is 4.42 Å². The molecule has 2 heteroatoms. The van der Waals surface area contributed by atoms with E-state index in [9.17, 15) is 5.11 Å². The van der Waals surface area contributed by atoms with E-state index < -0.39 is 6.10 Å². The quantitative estimate of drug-likeness (QED) is 0.869. The minimum atomic E-state index is -0.682. The third-order valence-electron chi connectivity index (χ3n) is 3.85. The maximum atomic E-state index is 10.6. The van der Waals surface area contributed by atoms with Crippen LogP contribution in [0.3, 0.4) is 0 Å². The second-order valence-electron chi connectivity index (χ2n) is 5.04. The minimum Gasteiger partial charge on any atom is -0.466 e. The molecule has 0 radical (unpaired) electrons. The Morgan fingerprint density at radius 3 is 1.94 bits per heavy atom. The molecular weight excluding hydrogens is 224 g/mol. The van der Waals surface area contributed by atoms with Crippen LogP contribution in [0.1, 0.15) is 45.2 Å². The average molecular weight is 244 g/mol. The van der Waals surface area contributed by atoms with E-state index in [2.05, 4.69) is 33.8 Å². The van der Waals surface area contributed by atoms with Crippen LogP contribution in [0.5, 0.6) is 0 Å². The minimum absolute atomic E-state index is 0.645. The number of aryl methyl sites for hydroxylation is 3. The lowest BCUT2D eigenvalue weighted by atomic mass is 9.89. The first-order chi connectivity index (χ1) is 8.43. The SMILES string of the molecule is Cc1ccoc1C(O)c1c(C)c(C)cc(C)c1C. The zero-order valence-corrected chi connectivity index (χ0v) is 11.7. The standard InChI is InChI=1S/C16H20O2/c1-9-6-7-18-16(9)15(17)14-12(4)10(2)8-11(3)13(14)5/h6-8,15,17H,1-5H3. The first-order valence-corrected chi connectivity index (χ1v) is 6.22. The van der Waals surface area contributed by atoms with Gasteiger partial charge in [-0.2, -0.15) is 0 Å². The van der Waals surface area contributed by atoms with Gasteiger partial charge < -0.3 is 9.52 Å². The van der Waals surface area contributed by atoms with Gasteiger partial charge in [0.2, 0.25) is 0 Å². The number of aliphatic hydroxyl groups excluding tert-OH is 1. The summed E-state index contributed by atoms with van der Waals surface area (Å²) in [6.07, 6.45) is 0.944. The summed E-state index contributed by atoms with van der Waals surface area (Å²) in [5.41, 5.74) is 6.65. The van der Waals surface area contributed by atoms with E-state index >= 15 is 0 Å². The van der Waals surface area contributed by atoms with Crippen molar-refractivity contribution in [1.82, 2.24) is 0 Å². The Hall–Kier alpha value is -1.54. The van der Waals surface area contributed by atoms with Gasteiger partial charge in [0.25, 0.3) is 0 Å². The Kier molecular flexibility index (Phi) is 3.31. The summed E-state index contributed by atoms with van der Waals surface area (Å²) in [6.45, 7) is 10.2. The van der Waals surface area contributed by atoms with E-state index in [0.29, 0.717) is 5.76 Å².